The van der Waals surface area contributed by atoms with Crippen molar-refractivity contribution in [2.75, 3.05) is 0 Å². The van der Waals surface area contributed by atoms with Gasteiger partial charge in [-0.05, 0) is 152 Å². The van der Waals surface area contributed by atoms with Crippen LogP contribution in [-0.4, -0.2) is 24.1 Å². The SMILES string of the molecule is Cc1c(I)ccc(I)c1C1C(OC(=O)c2ccccc2)C(OC(=O)c2ccccc2)C(C)C2(C)C(I)=CC=C(I)C12. The van der Waals surface area contributed by atoms with Crippen molar-refractivity contribution in [3.05, 3.63) is 122 Å². The lowest BCUT2D eigenvalue weighted by atomic mass is 9.53. The lowest BCUT2D eigenvalue weighted by molar-refractivity contribution is -0.122. The highest BCUT2D eigenvalue weighted by Gasteiger charge is 2.61. The van der Waals surface area contributed by atoms with Crippen molar-refractivity contribution in [3.63, 3.8) is 0 Å². The molecule has 41 heavy (non-hydrogen) atoms. The highest BCUT2D eigenvalue weighted by Crippen LogP contribution is 2.63. The molecule has 4 nitrogen and oxygen atoms in total. The summed E-state index contributed by atoms with van der Waals surface area (Å²) in [6.45, 7) is 6.54. The van der Waals surface area contributed by atoms with Crippen LogP contribution in [0.3, 0.4) is 0 Å². The van der Waals surface area contributed by atoms with E-state index in [1.807, 2.05) is 36.4 Å². The van der Waals surface area contributed by atoms with Crippen LogP contribution in [0.5, 0.6) is 0 Å². The molecule has 0 saturated heterocycles. The predicted octanol–water partition coefficient (Wildman–Crippen LogP) is 9.66. The third-order valence-electron chi connectivity index (χ3n) is 8.56. The average molecular weight is 996 g/mol. The number of rotatable bonds is 5. The molecular formula is C33H28I4O4. The van der Waals surface area contributed by atoms with Gasteiger partial charge in [-0.15, -0.1) is 0 Å². The summed E-state index contributed by atoms with van der Waals surface area (Å²) in [5, 5.41) is 0. The van der Waals surface area contributed by atoms with Gasteiger partial charge in [0.1, 0.15) is 12.2 Å². The second-order valence-electron chi connectivity index (χ2n) is 10.7. The van der Waals surface area contributed by atoms with Crippen LogP contribution >= 0.6 is 90.4 Å². The molecule has 6 atom stereocenters. The van der Waals surface area contributed by atoms with Gasteiger partial charge in [0, 0.05) is 30.3 Å². The summed E-state index contributed by atoms with van der Waals surface area (Å²) in [5.74, 6) is -1.22. The molecule has 8 heteroatoms. The van der Waals surface area contributed by atoms with Crippen molar-refractivity contribution in [3.8, 4) is 0 Å². The summed E-state index contributed by atoms with van der Waals surface area (Å²) in [6, 6.07) is 22.3. The first kappa shape index (κ1) is 31.4. The van der Waals surface area contributed by atoms with Gasteiger partial charge in [0.15, 0.2) is 0 Å². The Morgan fingerprint density at radius 1 is 0.732 bits per heavy atom. The number of hydrogen-bond donors (Lipinski definition) is 0. The summed E-state index contributed by atoms with van der Waals surface area (Å²) in [4.78, 5) is 27.3. The Hall–Kier alpha value is -1.000. The molecule has 0 aliphatic heterocycles. The summed E-state index contributed by atoms with van der Waals surface area (Å²) >= 11 is 9.67. The number of hydrogen-bond acceptors (Lipinski definition) is 4. The van der Waals surface area contributed by atoms with Gasteiger partial charge >= 0.3 is 11.9 Å². The molecule has 0 radical (unpaired) electrons. The summed E-state index contributed by atoms with van der Waals surface area (Å²) in [7, 11) is 0. The minimum atomic E-state index is -0.714. The van der Waals surface area contributed by atoms with Crippen LogP contribution in [0, 0.1) is 31.3 Å². The number of carbonyl (C=O) groups excluding carboxylic acids is 2. The molecule has 0 amide bonds. The van der Waals surface area contributed by atoms with Gasteiger partial charge in [0.2, 0.25) is 0 Å². The van der Waals surface area contributed by atoms with Crippen molar-refractivity contribution in [2.24, 2.45) is 17.3 Å². The zero-order chi connectivity index (χ0) is 29.5. The molecule has 0 N–H and O–H groups in total. The Labute approximate surface area is 295 Å². The minimum absolute atomic E-state index is 0.0145. The monoisotopic (exact) mass is 996 g/mol. The molecular weight excluding hydrogens is 968 g/mol. The maximum absolute atomic E-state index is 13.7. The second kappa shape index (κ2) is 12.9. The van der Waals surface area contributed by atoms with E-state index < -0.39 is 24.1 Å². The highest BCUT2D eigenvalue weighted by molar-refractivity contribution is 14.1. The number of carbonyl (C=O) groups is 2. The van der Waals surface area contributed by atoms with Crippen LogP contribution in [-0.2, 0) is 9.47 Å². The van der Waals surface area contributed by atoms with Gasteiger partial charge in [0.05, 0.1) is 11.1 Å². The fourth-order valence-electron chi connectivity index (χ4n) is 6.19. The zero-order valence-electron chi connectivity index (χ0n) is 22.6. The van der Waals surface area contributed by atoms with E-state index in [4.69, 9.17) is 9.47 Å². The lowest BCUT2D eigenvalue weighted by Gasteiger charge is -2.57. The first-order valence-electron chi connectivity index (χ1n) is 13.3. The molecule has 1 saturated carbocycles. The first-order valence-corrected chi connectivity index (χ1v) is 17.6. The Balaban J connectivity index is 1.72. The number of fused-ring (bicyclic) bond motifs is 1. The molecule has 0 heterocycles. The van der Waals surface area contributed by atoms with Gasteiger partial charge < -0.3 is 9.47 Å². The topological polar surface area (TPSA) is 52.6 Å². The number of esters is 2. The summed E-state index contributed by atoms with van der Waals surface area (Å²) in [6.07, 6.45) is 2.95. The molecule has 2 aliphatic carbocycles. The molecule has 212 valence electrons. The Morgan fingerprint density at radius 2 is 1.24 bits per heavy atom. The average Bonchev–Trinajstić information content (AvgIpc) is 2.98. The highest BCUT2D eigenvalue weighted by atomic mass is 127. The maximum Gasteiger partial charge on any atom is 0.338 e. The van der Waals surface area contributed by atoms with Gasteiger partial charge in [-0.2, -0.15) is 0 Å². The van der Waals surface area contributed by atoms with Gasteiger partial charge in [-0.1, -0.05) is 62.4 Å². The number of allylic oxidation sites excluding steroid dienone is 4. The predicted molar refractivity (Wildman–Crippen MR) is 196 cm³/mol. The summed E-state index contributed by atoms with van der Waals surface area (Å²) in [5.41, 5.74) is 2.88. The third kappa shape index (κ3) is 5.92. The first-order chi connectivity index (χ1) is 19.6. The minimum Gasteiger partial charge on any atom is -0.454 e. The standard InChI is InChI=1S/C33H28I4O4/c1-18-22(34)14-15-23(35)26(18)27-28-24(36)16-17-25(37)33(28,3)19(2)29(40-31(38)20-10-6-4-7-11-20)30(27)41-32(39)21-12-8-5-9-13-21/h4-17,19,27-30H,1-3H3. The molecule has 3 aromatic carbocycles. The van der Waals surface area contributed by atoms with Crippen molar-refractivity contribution < 1.29 is 19.1 Å². The van der Waals surface area contributed by atoms with Gasteiger partial charge in [0.25, 0.3) is 0 Å². The molecule has 6 unspecified atom stereocenters. The van der Waals surface area contributed by atoms with E-state index in [2.05, 4.69) is 135 Å². The summed E-state index contributed by atoms with van der Waals surface area (Å²) < 4.78 is 17.6. The molecule has 5 rings (SSSR count). The van der Waals surface area contributed by atoms with Crippen LogP contribution in [0.2, 0.25) is 0 Å². The van der Waals surface area contributed by atoms with Crippen molar-refractivity contribution >= 4 is 102 Å². The van der Waals surface area contributed by atoms with Crippen molar-refractivity contribution in [1.82, 2.24) is 0 Å². The normalized spacial score (nSPS) is 27.2. The van der Waals surface area contributed by atoms with E-state index in [0.717, 1.165) is 18.3 Å². The maximum atomic E-state index is 13.7. The fourth-order valence-corrected chi connectivity index (χ4v) is 9.82. The van der Waals surface area contributed by atoms with Crippen LogP contribution in [0.1, 0.15) is 51.6 Å². The molecule has 0 aromatic heterocycles. The Morgan fingerprint density at radius 3 is 1.80 bits per heavy atom. The van der Waals surface area contributed by atoms with Gasteiger partial charge in [-0.3, -0.25) is 0 Å². The Kier molecular flexibility index (Phi) is 9.91. The zero-order valence-corrected chi connectivity index (χ0v) is 31.2. The molecule has 0 bridgehead atoms. The second-order valence-corrected chi connectivity index (χ2v) is 15.4. The number of benzene rings is 3. The lowest BCUT2D eigenvalue weighted by Crippen LogP contribution is -2.59. The van der Waals surface area contributed by atoms with E-state index in [9.17, 15) is 9.59 Å². The number of ether oxygens (including phenoxy) is 2. The fraction of sp³-hybridized carbons (Fsp3) is 0.273. The van der Waals surface area contributed by atoms with E-state index >= 15 is 0 Å². The number of halogens is 4. The van der Waals surface area contributed by atoms with Crippen LogP contribution < -0.4 is 0 Å². The largest absolute Gasteiger partial charge is 0.454 e. The van der Waals surface area contributed by atoms with Gasteiger partial charge in [-0.25, -0.2) is 9.59 Å². The van der Waals surface area contributed by atoms with E-state index in [0.29, 0.717) is 11.1 Å². The Bertz CT molecular complexity index is 1540. The van der Waals surface area contributed by atoms with Crippen molar-refractivity contribution in [1.29, 1.82) is 0 Å². The smallest absolute Gasteiger partial charge is 0.338 e. The van der Waals surface area contributed by atoms with E-state index in [-0.39, 0.29) is 23.2 Å². The quantitative estimate of drug-likeness (QED) is 0.189. The van der Waals surface area contributed by atoms with Crippen LogP contribution in [0.25, 0.3) is 0 Å². The third-order valence-corrected chi connectivity index (χ3v) is 13.2. The van der Waals surface area contributed by atoms with Crippen LogP contribution in [0.15, 0.2) is 92.1 Å². The molecule has 2 aliphatic rings. The molecule has 3 aromatic rings. The van der Waals surface area contributed by atoms with Crippen molar-refractivity contribution in [2.45, 2.75) is 38.9 Å². The van der Waals surface area contributed by atoms with E-state index in [1.54, 1.807) is 24.3 Å². The molecule has 0 spiro atoms. The van der Waals surface area contributed by atoms with E-state index in [1.165, 1.54) is 7.16 Å². The molecule has 1 fully saturated rings. The van der Waals surface area contributed by atoms with Crippen LogP contribution in [0.4, 0.5) is 0 Å².